The number of hydrogen-bond acceptors (Lipinski definition) is 5. The van der Waals surface area contributed by atoms with E-state index in [4.69, 9.17) is 10.8 Å². The van der Waals surface area contributed by atoms with Gasteiger partial charge in [-0.1, -0.05) is 6.07 Å². The number of nitrogens with zero attached hydrogens (tertiary/aromatic N) is 3. The van der Waals surface area contributed by atoms with Crippen molar-refractivity contribution in [2.24, 2.45) is 0 Å². The average Bonchev–Trinajstić information content (AvgIpc) is 2.40. The van der Waals surface area contributed by atoms with Crippen molar-refractivity contribution in [3.63, 3.8) is 0 Å². The van der Waals surface area contributed by atoms with E-state index < -0.39 is 5.97 Å². The van der Waals surface area contributed by atoms with Crippen molar-refractivity contribution in [1.82, 2.24) is 9.97 Å². The third kappa shape index (κ3) is 2.98. The van der Waals surface area contributed by atoms with Crippen LogP contribution in [0.4, 0.5) is 11.5 Å². The summed E-state index contributed by atoms with van der Waals surface area (Å²) in [6, 6.07) is 5.26. The molecule has 0 spiro atoms. The van der Waals surface area contributed by atoms with Crippen LogP contribution in [-0.2, 0) is 6.54 Å². The van der Waals surface area contributed by atoms with Gasteiger partial charge >= 0.3 is 5.97 Å². The van der Waals surface area contributed by atoms with Gasteiger partial charge in [-0.2, -0.15) is 0 Å². The number of aromatic carboxylic acids is 1. The quantitative estimate of drug-likeness (QED) is 0.861. The Balaban J connectivity index is 2.22. The molecule has 0 aliphatic carbocycles. The van der Waals surface area contributed by atoms with Crippen LogP contribution in [0.1, 0.15) is 15.9 Å². The molecule has 0 saturated heterocycles. The van der Waals surface area contributed by atoms with Gasteiger partial charge in [-0.05, 0) is 17.7 Å². The smallest absolute Gasteiger partial charge is 0.337 e. The molecule has 0 aromatic carbocycles. The number of anilines is 2. The van der Waals surface area contributed by atoms with Crippen LogP contribution >= 0.6 is 0 Å². The molecule has 0 aliphatic rings. The first-order chi connectivity index (χ1) is 9.08. The van der Waals surface area contributed by atoms with E-state index in [1.54, 1.807) is 12.4 Å². The molecule has 3 N–H and O–H groups in total. The Hall–Kier alpha value is -2.63. The predicted molar refractivity (Wildman–Crippen MR) is 72.0 cm³/mol. The lowest BCUT2D eigenvalue weighted by Gasteiger charge is -2.18. The number of nitrogens with two attached hydrogens (primary N) is 1. The lowest BCUT2D eigenvalue weighted by molar-refractivity contribution is 0.0698. The maximum Gasteiger partial charge on any atom is 0.337 e. The fraction of sp³-hybridized carbons (Fsp3) is 0.154. The standard InChI is InChI=1S/C13H14N4O2/c1-17(8-9-3-2-4-15-6-9)12-5-10(13(18)19)11(14)7-16-12/h2-7H,8,14H2,1H3,(H,18,19). The number of rotatable bonds is 4. The van der Waals surface area contributed by atoms with Gasteiger partial charge in [-0.25, -0.2) is 9.78 Å². The average molecular weight is 258 g/mol. The summed E-state index contributed by atoms with van der Waals surface area (Å²) >= 11 is 0. The number of nitrogen functional groups attached to an aromatic ring is 1. The molecule has 0 radical (unpaired) electrons. The van der Waals surface area contributed by atoms with Crippen molar-refractivity contribution in [3.05, 3.63) is 47.9 Å². The molecule has 0 saturated carbocycles. The fourth-order valence-corrected chi connectivity index (χ4v) is 1.70. The summed E-state index contributed by atoms with van der Waals surface area (Å²) in [6.07, 6.45) is 4.82. The van der Waals surface area contributed by atoms with Gasteiger partial charge in [-0.3, -0.25) is 4.98 Å². The topological polar surface area (TPSA) is 92.3 Å². The van der Waals surface area contributed by atoms with E-state index in [0.717, 1.165) is 5.56 Å². The summed E-state index contributed by atoms with van der Waals surface area (Å²) in [6.45, 7) is 0.587. The number of carboxylic acids is 1. The molecule has 6 heteroatoms. The number of aromatic nitrogens is 2. The molecule has 0 bridgehead atoms. The summed E-state index contributed by atoms with van der Waals surface area (Å²) in [7, 11) is 1.83. The van der Waals surface area contributed by atoms with Gasteiger partial charge in [0.15, 0.2) is 0 Å². The molecule has 2 aromatic heterocycles. The third-order valence-electron chi connectivity index (χ3n) is 2.68. The summed E-state index contributed by atoms with van der Waals surface area (Å²) in [5.41, 5.74) is 6.80. The minimum Gasteiger partial charge on any atom is -0.478 e. The number of carboxylic acid groups (broad SMARTS) is 1. The van der Waals surface area contributed by atoms with E-state index in [2.05, 4.69) is 9.97 Å². The Morgan fingerprint density at radius 3 is 2.89 bits per heavy atom. The van der Waals surface area contributed by atoms with Crippen LogP contribution in [0, 0.1) is 0 Å². The Morgan fingerprint density at radius 2 is 2.26 bits per heavy atom. The maximum absolute atomic E-state index is 11.0. The number of hydrogen-bond donors (Lipinski definition) is 2. The molecule has 98 valence electrons. The van der Waals surface area contributed by atoms with Crippen LogP contribution in [-0.4, -0.2) is 28.1 Å². The third-order valence-corrected chi connectivity index (χ3v) is 2.68. The van der Waals surface area contributed by atoms with E-state index in [-0.39, 0.29) is 11.3 Å². The first-order valence-corrected chi connectivity index (χ1v) is 5.67. The van der Waals surface area contributed by atoms with E-state index >= 15 is 0 Å². The van der Waals surface area contributed by atoms with Gasteiger partial charge in [0.1, 0.15) is 5.82 Å². The van der Waals surface area contributed by atoms with Crippen LogP contribution in [0.15, 0.2) is 36.8 Å². The van der Waals surface area contributed by atoms with Crippen molar-refractivity contribution >= 4 is 17.5 Å². The molecule has 2 heterocycles. The highest BCUT2D eigenvalue weighted by atomic mass is 16.4. The zero-order valence-electron chi connectivity index (χ0n) is 10.4. The van der Waals surface area contributed by atoms with Gasteiger partial charge in [0.05, 0.1) is 17.4 Å². The zero-order valence-corrected chi connectivity index (χ0v) is 10.4. The highest BCUT2D eigenvalue weighted by Crippen LogP contribution is 2.18. The Morgan fingerprint density at radius 1 is 1.47 bits per heavy atom. The van der Waals surface area contributed by atoms with Crippen molar-refractivity contribution in [2.75, 3.05) is 17.7 Å². The Kier molecular flexibility index (Phi) is 3.61. The molecule has 0 atom stereocenters. The zero-order chi connectivity index (χ0) is 13.8. The lowest BCUT2D eigenvalue weighted by atomic mass is 10.2. The minimum absolute atomic E-state index is 0.0584. The van der Waals surface area contributed by atoms with Crippen molar-refractivity contribution < 1.29 is 9.90 Å². The molecule has 6 nitrogen and oxygen atoms in total. The molecule has 19 heavy (non-hydrogen) atoms. The Labute approximate surface area is 110 Å². The highest BCUT2D eigenvalue weighted by Gasteiger charge is 2.12. The molecule has 0 amide bonds. The normalized spacial score (nSPS) is 10.2. The van der Waals surface area contributed by atoms with Gasteiger partial charge < -0.3 is 15.7 Å². The van der Waals surface area contributed by atoms with E-state index in [9.17, 15) is 4.79 Å². The molecule has 0 fully saturated rings. The van der Waals surface area contributed by atoms with Gasteiger partial charge in [-0.15, -0.1) is 0 Å². The molecular formula is C13H14N4O2. The maximum atomic E-state index is 11.0. The van der Waals surface area contributed by atoms with Crippen LogP contribution in [0.25, 0.3) is 0 Å². The number of carbonyl (C=O) groups is 1. The SMILES string of the molecule is CN(Cc1cccnc1)c1cc(C(=O)O)c(N)cn1. The highest BCUT2D eigenvalue weighted by molar-refractivity contribution is 5.94. The van der Waals surface area contributed by atoms with Crippen molar-refractivity contribution in [3.8, 4) is 0 Å². The fourth-order valence-electron chi connectivity index (χ4n) is 1.70. The molecule has 0 unspecified atom stereocenters. The van der Waals surface area contributed by atoms with E-state index in [0.29, 0.717) is 12.4 Å². The molecular weight excluding hydrogens is 244 g/mol. The van der Waals surface area contributed by atoms with Gasteiger partial charge in [0.25, 0.3) is 0 Å². The van der Waals surface area contributed by atoms with Gasteiger partial charge in [0.2, 0.25) is 0 Å². The van der Waals surface area contributed by atoms with E-state index in [1.165, 1.54) is 12.3 Å². The summed E-state index contributed by atoms with van der Waals surface area (Å²) in [4.78, 5) is 21.0. The van der Waals surface area contributed by atoms with Crippen LogP contribution in [0.3, 0.4) is 0 Å². The second-order valence-corrected chi connectivity index (χ2v) is 4.15. The Bertz CT molecular complexity index is 586. The monoisotopic (exact) mass is 258 g/mol. The molecule has 2 aromatic rings. The molecule has 2 rings (SSSR count). The minimum atomic E-state index is -1.06. The second kappa shape index (κ2) is 5.34. The van der Waals surface area contributed by atoms with Gasteiger partial charge in [0, 0.05) is 26.0 Å². The first kappa shape index (κ1) is 12.8. The lowest BCUT2D eigenvalue weighted by Crippen LogP contribution is -2.18. The van der Waals surface area contributed by atoms with Crippen LogP contribution in [0.5, 0.6) is 0 Å². The van der Waals surface area contributed by atoms with Crippen molar-refractivity contribution in [1.29, 1.82) is 0 Å². The van der Waals surface area contributed by atoms with Crippen molar-refractivity contribution in [2.45, 2.75) is 6.54 Å². The predicted octanol–water partition coefficient (Wildman–Crippen LogP) is 1.39. The van der Waals surface area contributed by atoms with Crippen LogP contribution in [0.2, 0.25) is 0 Å². The van der Waals surface area contributed by atoms with E-state index in [1.807, 2.05) is 24.1 Å². The second-order valence-electron chi connectivity index (χ2n) is 4.15. The number of pyridine rings is 2. The summed E-state index contributed by atoms with van der Waals surface area (Å²) in [5.74, 6) is -0.508. The largest absolute Gasteiger partial charge is 0.478 e. The first-order valence-electron chi connectivity index (χ1n) is 5.67. The van der Waals surface area contributed by atoms with Crippen LogP contribution < -0.4 is 10.6 Å². The summed E-state index contributed by atoms with van der Waals surface area (Å²) in [5, 5.41) is 9.03. The summed E-state index contributed by atoms with van der Waals surface area (Å²) < 4.78 is 0. The molecule has 0 aliphatic heterocycles.